The molecule has 1 heterocycles. The van der Waals surface area contributed by atoms with E-state index in [0.29, 0.717) is 0 Å². The summed E-state index contributed by atoms with van der Waals surface area (Å²) in [5, 5.41) is 19.4. The number of nitrogens with zero attached hydrogens (tertiary/aromatic N) is 2. The molecule has 4 nitrogen and oxygen atoms in total. The molecule has 0 aliphatic carbocycles. The van der Waals surface area contributed by atoms with Gasteiger partial charge < -0.3 is 15.1 Å². The molecule has 25 heavy (non-hydrogen) atoms. The zero-order valence-electron chi connectivity index (χ0n) is 13.6. The zero-order valence-corrected chi connectivity index (χ0v) is 13.6. The SMILES string of the molecule is Oc1ccc(-c2ccccc2CN2CC=Nc3ccccc32)cc1O. The van der Waals surface area contributed by atoms with Gasteiger partial charge in [0.1, 0.15) is 0 Å². The van der Waals surface area contributed by atoms with Crippen molar-refractivity contribution in [2.75, 3.05) is 11.4 Å². The summed E-state index contributed by atoms with van der Waals surface area (Å²) in [6, 6.07) is 21.2. The highest BCUT2D eigenvalue weighted by Crippen LogP contribution is 2.35. The van der Waals surface area contributed by atoms with E-state index < -0.39 is 0 Å². The van der Waals surface area contributed by atoms with Gasteiger partial charge in [0, 0.05) is 12.8 Å². The highest BCUT2D eigenvalue weighted by Gasteiger charge is 2.16. The number of hydrogen-bond acceptors (Lipinski definition) is 4. The minimum atomic E-state index is -0.109. The number of aliphatic imine (C=N–C) groups is 1. The Morgan fingerprint density at radius 2 is 1.68 bits per heavy atom. The van der Waals surface area contributed by atoms with Crippen LogP contribution in [0.25, 0.3) is 11.1 Å². The first kappa shape index (κ1) is 15.3. The van der Waals surface area contributed by atoms with E-state index in [0.717, 1.165) is 41.2 Å². The second-order valence-electron chi connectivity index (χ2n) is 6.04. The third-order valence-electron chi connectivity index (χ3n) is 4.42. The Labute approximate surface area is 146 Å². The van der Waals surface area contributed by atoms with Gasteiger partial charge in [0.15, 0.2) is 11.5 Å². The lowest BCUT2D eigenvalue weighted by Gasteiger charge is -2.28. The van der Waals surface area contributed by atoms with Gasteiger partial charge in [-0.15, -0.1) is 0 Å². The molecule has 0 unspecified atom stereocenters. The third-order valence-corrected chi connectivity index (χ3v) is 4.42. The molecule has 1 aliphatic rings. The van der Waals surface area contributed by atoms with Gasteiger partial charge in [-0.25, -0.2) is 0 Å². The summed E-state index contributed by atoms with van der Waals surface area (Å²) in [5.74, 6) is -0.217. The average Bonchev–Trinajstić information content (AvgIpc) is 2.65. The molecular formula is C21H18N2O2. The van der Waals surface area contributed by atoms with Crippen molar-refractivity contribution < 1.29 is 10.2 Å². The minimum Gasteiger partial charge on any atom is -0.504 e. The molecule has 0 bridgehead atoms. The number of aromatic hydroxyl groups is 2. The highest BCUT2D eigenvalue weighted by atomic mass is 16.3. The first-order chi connectivity index (χ1) is 12.2. The monoisotopic (exact) mass is 330 g/mol. The molecule has 0 spiro atoms. The maximum absolute atomic E-state index is 9.83. The van der Waals surface area contributed by atoms with E-state index in [1.165, 1.54) is 6.07 Å². The summed E-state index contributed by atoms with van der Waals surface area (Å²) in [6.45, 7) is 1.49. The molecule has 3 aromatic carbocycles. The van der Waals surface area contributed by atoms with Crippen molar-refractivity contribution in [3.05, 3.63) is 72.3 Å². The second-order valence-corrected chi connectivity index (χ2v) is 6.04. The molecule has 1 aliphatic heterocycles. The summed E-state index contributed by atoms with van der Waals surface area (Å²) >= 11 is 0. The van der Waals surface area contributed by atoms with Crippen LogP contribution in [0.5, 0.6) is 11.5 Å². The Kier molecular flexibility index (Phi) is 3.86. The van der Waals surface area contributed by atoms with Gasteiger partial charge in [0.05, 0.1) is 17.9 Å². The maximum Gasteiger partial charge on any atom is 0.158 e. The largest absolute Gasteiger partial charge is 0.504 e. The Balaban J connectivity index is 1.71. The summed E-state index contributed by atoms with van der Waals surface area (Å²) in [4.78, 5) is 6.74. The molecule has 0 amide bonds. The lowest BCUT2D eigenvalue weighted by atomic mass is 9.98. The average molecular weight is 330 g/mol. The molecule has 4 heteroatoms. The van der Waals surface area contributed by atoms with Gasteiger partial charge >= 0.3 is 0 Å². The van der Waals surface area contributed by atoms with Crippen molar-refractivity contribution in [3.63, 3.8) is 0 Å². The number of hydrogen-bond donors (Lipinski definition) is 2. The van der Waals surface area contributed by atoms with E-state index >= 15 is 0 Å². The van der Waals surface area contributed by atoms with Crippen LogP contribution in [0.15, 0.2) is 71.7 Å². The van der Waals surface area contributed by atoms with Crippen LogP contribution in [0.4, 0.5) is 11.4 Å². The van der Waals surface area contributed by atoms with Gasteiger partial charge in [0.2, 0.25) is 0 Å². The van der Waals surface area contributed by atoms with E-state index in [-0.39, 0.29) is 11.5 Å². The molecular weight excluding hydrogens is 312 g/mol. The van der Waals surface area contributed by atoms with Crippen molar-refractivity contribution in [1.29, 1.82) is 0 Å². The fourth-order valence-electron chi connectivity index (χ4n) is 3.16. The van der Waals surface area contributed by atoms with Gasteiger partial charge in [-0.05, 0) is 41.0 Å². The Bertz CT molecular complexity index is 950. The van der Waals surface area contributed by atoms with E-state index in [1.54, 1.807) is 6.07 Å². The molecule has 0 saturated heterocycles. The van der Waals surface area contributed by atoms with Crippen LogP contribution in [-0.4, -0.2) is 23.0 Å². The van der Waals surface area contributed by atoms with Crippen LogP contribution < -0.4 is 4.90 Å². The topological polar surface area (TPSA) is 56.1 Å². The van der Waals surface area contributed by atoms with Gasteiger partial charge in [-0.1, -0.05) is 42.5 Å². The first-order valence-corrected chi connectivity index (χ1v) is 8.19. The predicted molar refractivity (Wildman–Crippen MR) is 101 cm³/mol. The Hall–Kier alpha value is -3.27. The van der Waals surface area contributed by atoms with Crippen molar-refractivity contribution in [3.8, 4) is 22.6 Å². The number of rotatable bonds is 3. The quantitative estimate of drug-likeness (QED) is 0.696. The summed E-state index contributed by atoms with van der Waals surface area (Å²) < 4.78 is 0. The van der Waals surface area contributed by atoms with Crippen LogP contribution in [0, 0.1) is 0 Å². The maximum atomic E-state index is 9.83. The van der Waals surface area contributed by atoms with E-state index in [1.807, 2.05) is 48.7 Å². The molecule has 0 atom stereocenters. The van der Waals surface area contributed by atoms with Crippen molar-refractivity contribution in [2.45, 2.75) is 6.54 Å². The Morgan fingerprint density at radius 1 is 0.880 bits per heavy atom. The molecule has 124 valence electrons. The van der Waals surface area contributed by atoms with E-state index in [2.05, 4.69) is 22.0 Å². The summed E-state index contributed by atoms with van der Waals surface area (Å²) in [6.07, 6.45) is 1.93. The number of fused-ring (bicyclic) bond motifs is 1. The van der Waals surface area contributed by atoms with Gasteiger partial charge in [-0.3, -0.25) is 4.99 Å². The van der Waals surface area contributed by atoms with Crippen LogP contribution in [0.2, 0.25) is 0 Å². The fraction of sp³-hybridized carbons (Fsp3) is 0.0952. The third kappa shape index (κ3) is 2.94. The zero-order chi connectivity index (χ0) is 17.2. The van der Waals surface area contributed by atoms with Crippen molar-refractivity contribution in [1.82, 2.24) is 0 Å². The lowest BCUT2D eigenvalue weighted by molar-refractivity contribution is 0.404. The van der Waals surface area contributed by atoms with Gasteiger partial charge in [-0.2, -0.15) is 0 Å². The molecule has 3 aromatic rings. The molecule has 0 aromatic heterocycles. The number of phenolic OH excluding ortho intramolecular Hbond substituents is 2. The minimum absolute atomic E-state index is 0.109. The standard InChI is InChI=1S/C21H18N2O2/c24-20-10-9-15(13-21(20)25)17-6-2-1-5-16(17)14-23-12-11-22-18-7-3-4-8-19(18)23/h1-11,13,24-25H,12,14H2. The van der Waals surface area contributed by atoms with Crippen LogP contribution in [0.3, 0.4) is 0 Å². The normalized spacial score (nSPS) is 12.9. The lowest BCUT2D eigenvalue weighted by Crippen LogP contribution is -2.27. The van der Waals surface area contributed by atoms with Crippen LogP contribution in [0.1, 0.15) is 5.56 Å². The number of para-hydroxylation sites is 2. The molecule has 0 radical (unpaired) electrons. The van der Waals surface area contributed by atoms with Crippen molar-refractivity contribution >= 4 is 17.6 Å². The molecule has 0 fully saturated rings. The fourth-order valence-corrected chi connectivity index (χ4v) is 3.16. The summed E-state index contributed by atoms with van der Waals surface area (Å²) in [7, 11) is 0. The Morgan fingerprint density at radius 3 is 2.56 bits per heavy atom. The molecule has 0 saturated carbocycles. The number of phenols is 2. The van der Waals surface area contributed by atoms with E-state index in [9.17, 15) is 10.2 Å². The van der Waals surface area contributed by atoms with E-state index in [4.69, 9.17) is 0 Å². The van der Waals surface area contributed by atoms with Crippen molar-refractivity contribution in [2.24, 2.45) is 4.99 Å². The number of benzene rings is 3. The van der Waals surface area contributed by atoms with Gasteiger partial charge in [0.25, 0.3) is 0 Å². The molecule has 4 rings (SSSR count). The summed E-state index contributed by atoms with van der Waals surface area (Å²) in [5.41, 5.74) is 5.17. The molecule has 2 N–H and O–H groups in total. The first-order valence-electron chi connectivity index (χ1n) is 8.19. The second kappa shape index (κ2) is 6.32. The van der Waals surface area contributed by atoms with Crippen LogP contribution in [-0.2, 0) is 6.54 Å². The predicted octanol–water partition coefficient (Wildman–Crippen LogP) is 4.49. The highest BCUT2D eigenvalue weighted by molar-refractivity contribution is 5.82. The van der Waals surface area contributed by atoms with Crippen LogP contribution >= 0.6 is 0 Å². The smallest absolute Gasteiger partial charge is 0.158 e. The number of anilines is 1.